The number of carbonyl (C=O) groups excluding carboxylic acids is 2. The van der Waals surface area contributed by atoms with Crippen molar-refractivity contribution in [2.45, 2.75) is 44.9 Å². The summed E-state index contributed by atoms with van der Waals surface area (Å²) in [6, 6.07) is 7.13. The number of esters is 1. The number of benzene rings is 1. The molecule has 0 radical (unpaired) electrons. The molecule has 2 atom stereocenters. The lowest BCUT2D eigenvalue weighted by Crippen LogP contribution is -2.50. The molecule has 3 rings (SSSR count). The summed E-state index contributed by atoms with van der Waals surface area (Å²) >= 11 is 0. The van der Waals surface area contributed by atoms with Gasteiger partial charge in [0, 0.05) is 6.54 Å². The maximum atomic E-state index is 12.8. The van der Waals surface area contributed by atoms with Crippen molar-refractivity contribution in [2.75, 3.05) is 26.4 Å². The minimum Gasteiger partial charge on any atom is -0.482 e. The summed E-state index contributed by atoms with van der Waals surface area (Å²) in [4.78, 5) is 26.6. The SMILES string of the molecule is CC(C)(C)OC(=O)N1CC=CCc2ccccc2OCC(=O)O[C@H]2COC[C@@H]21. The van der Waals surface area contributed by atoms with Crippen LogP contribution >= 0.6 is 0 Å². The van der Waals surface area contributed by atoms with E-state index in [1.807, 2.05) is 57.2 Å². The fraction of sp³-hybridized carbons (Fsp3) is 0.524. The van der Waals surface area contributed by atoms with Gasteiger partial charge in [-0.3, -0.25) is 4.90 Å². The quantitative estimate of drug-likeness (QED) is 0.502. The van der Waals surface area contributed by atoms with Crippen LogP contribution in [0.15, 0.2) is 36.4 Å². The standard InChI is InChI=1S/C21H27NO6/c1-21(2,3)28-20(24)22-11-7-6-9-15-8-4-5-10-17(15)26-14-19(23)27-18-13-25-12-16(18)22/h4-8,10,16,18H,9,11-14H2,1-3H3/t16-,18-/m0/s1. The van der Waals surface area contributed by atoms with E-state index in [4.69, 9.17) is 18.9 Å². The fourth-order valence-electron chi connectivity index (χ4n) is 3.14. The molecule has 1 amide bonds. The number of allylic oxidation sites excluding steroid dienone is 1. The van der Waals surface area contributed by atoms with Gasteiger partial charge in [-0.05, 0) is 38.8 Å². The molecule has 0 unspecified atom stereocenters. The number of hydrogen-bond donors (Lipinski definition) is 0. The van der Waals surface area contributed by atoms with Crippen LogP contribution in [-0.2, 0) is 25.4 Å². The Bertz CT molecular complexity index is 739. The number of amides is 1. The van der Waals surface area contributed by atoms with E-state index in [2.05, 4.69) is 0 Å². The van der Waals surface area contributed by atoms with Gasteiger partial charge in [-0.25, -0.2) is 9.59 Å². The molecular weight excluding hydrogens is 362 g/mol. The second-order valence-electron chi connectivity index (χ2n) is 7.84. The van der Waals surface area contributed by atoms with Gasteiger partial charge in [0.1, 0.15) is 17.5 Å². The van der Waals surface area contributed by atoms with Crippen molar-refractivity contribution in [1.29, 1.82) is 0 Å². The highest BCUT2D eigenvalue weighted by Crippen LogP contribution is 2.22. The van der Waals surface area contributed by atoms with Gasteiger partial charge in [0.15, 0.2) is 6.61 Å². The van der Waals surface area contributed by atoms with Gasteiger partial charge in [-0.1, -0.05) is 30.4 Å². The van der Waals surface area contributed by atoms with Crippen molar-refractivity contribution >= 4 is 12.1 Å². The second-order valence-corrected chi connectivity index (χ2v) is 7.84. The zero-order valence-corrected chi connectivity index (χ0v) is 16.6. The number of carbonyl (C=O) groups is 2. The van der Waals surface area contributed by atoms with E-state index in [1.165, 1.54) is 0 Å². The third kappa shape index (κ3) is 5.25. The highest BCUT2D eigenvalue weighted by Gasteiger charge is 2.39. The van der Waals surface area contributed by atoms with Crippen LogP contribution in [-0.4, -0.2) is 61.1 Å². The maximum Gasteiger partial charge on any atom is 0.411 e. The molecule has 2 aliphatic rings. The summed E-state index contributed by atoms with van der Waals surface area (Å²) in [5.74, 6) is 0.151. The Hall–Kier alpha value is -2.54. The molecule has 0 N–H and O–H groups in total. The molecule has 0 saturated carbocycles. The topological polar surface area (TPSA) is 74.3 Å². The number of fused-ring (bicyclic) bond motifs is 2. The number of hydrogen-bond acceptors (Lipinski definition) is 6. The Balaban J connectivity index is 1.85. The lowest BCUT2D eigenvalue weighted by Gasteiger charge is -2.32. The highest BCUT2D eigenvalue weighted by molar-refractivity contribution is 5.72. The van der Waals surface area contributed by atoms with Crippen molar-refractivity contribution in [2.24, 2.45) is 0 Å². The molecule has 7 heteroatoms. The number of para-hydroxylation sites is 1. The Kier molecular flexibility index (Phi) is 6.24. The van der Waals surface area contributed by atoms with Crippen molar-refractivity contribution in [3.8, 4) is 5.75 Å². The molecular formula is C21H27NO6. The van der Waals surface area contributed by atoms with E-state index in [-0.39, 0.29) is 19.8 Å². The lowest BCUT2D eigenvalue weighted by atomic mass is 10.1. The van der Waals surface area contributed by atoms with Gasteiger partial charge < -0.3 is 18.9 Å². The first-order valence-corrected chi connectivity index (χ1v) is 9.46. The third-order valence-corrected chi connectivity index (χ3v) is 4.44. The van der Waals surface area contributed by atoms with Gasteiger partial charge in [-0.15, -0.1) is 0 Å². The molecule has 1 aromatic rings. The van der Waals surface area contributed by atoms with Crippen LogP contribution in [0.25, 0.3) is 0 Å². The van der Waals surface area contributed by atoms with Gasteiger partial charge in [-0.2, -0.15) is 0 Å². The van der Waals surface area contributed by atoms with Gasteiger partial charge in [0.25, 0.3) is 0 Å². The van der Waals surface area contributed by atoms with E-state index in [0.29, 0.717) is 18.7 Å². The molecule has 7 nitrogen and oxygen atoms in total. The molecule has 0 aromatic heterocycles. The maximum absolute atomic E-state index is 12.8. The lowest BCUT2D eigenvalue weighted by molar-refractivity contribution is -0.153. The first kappa shape index (κ1) is 20.2. The Morgan fingerprint density at radius 3 is 2.75 bits per heavy atom. The summed E-state index contributed by atoms with van der Waals surface area (Å²) in [7, 11) is 0. The van der Waals surface area contributed by atoms with Crippen LogP contribution in [0.5, 0.6) is 5.75 Å². The highest BCUT2D eigenvalue weighted by atomic mass is 16.6. The van der Waals surface area contributed by atoms with Crippen LogP contribution in [0.2, 0.25) is 0 Å². The van der Waals surface area contributed by atoms with Gasteiger partial charge in [0.2, 0.25) is 0 Å². The first-order chi connectivity index (χ1) is 13.3. The van der Waals surface area contributed by atoms with Crippen LogP contribution in [0.1, 0.15) is 26.3 Å². The Morgan fingerprint density at radius 1 is 1.18 bits per heavy atom. The Labute approximate surface area is 165 Å². The minimum absolute atomic E-state index is 0.198. The number of ether oxygens (including phenoxy) is 4. The molecule has 2 heterocycles. The summed E-state index contributed by atoms with van der Waals surface area (Å²) in [5, 5.41) is 0. The molecule has 2 aliphatic heterocycles. The van der Waals surface area contributed by atoms with E-state index >= 15 is 0 Å². The second kappa shape index (κ2) is 8.65. The predicted octanol–water partition coefficient (Wildman–Crippen LogP) is 2.73. The van der Waals surface area contributed by atoms with Crippen molar-refractivity contribution in [1.82, 2.24) is 4.90 Å². The summed E-state index contributed by atoms with van der Waals surface area (Å²) < 4.78 is 22.2. The first-order valence-electron chi connectivity index (χ1n) is 9.46. The molecule has 0 bridgehead atoms. The largest absolute Gasteiger partial charge is 0.482 e. The van der Waals surface area contributed by atoms with Crippen LogP contribution in [0, 0.1) is 0 Å². The van der Waals surface area contributed by atoms with E-state index < -0.39 is 29.8 Å². The van der Waals surface area contributed by atoms with Crippen molar-refractivity contribution < 1.29 is 28.5 Å². The average molecular weight is 389 g/mol. The van der Waals surface area contributed by atoms with Gasteiger partial charge >= 0.3 is 12.1 Å². The van der Waals surface area contributed by atoms with Crippen LogP contribution < -0.4 is 4.74 Å². The smallest absolute Gasteiger partial charge is 0.411 e. The molecule has 0 aliphatic carbocycles. The van der Waals surface area contributed by atoms with Crippen molar-refractivity contribution in [3.63, 3.8) is 0 Å². The average Bonchev–Trinajstić information content (AvgIpc) is 3.06. The summed E-state index contributed by atoms with van der Waals surface area (Å²) in [6.45, 7) is 6.10. The third-order valence-electron chi connectivity index (χ3n) is 4.44. The number of rotatable bonds is 0. The van der Waals surface area contributed by atoms with Crippen LogP contribution in [0.3, 0.4) is 0 Å². The Morgan fingerprint density at radius 2 is 1.96 bits per heavy atom. The van der Waals surface area contributed by atoms with E-state index in [9.17, 15) is 9.59 Å². The predicted molar refractivity (Wildman–Crippen MR) is 102 cm³/mol. The monoisotopic (exact) mass is 389 g/mol. The van der Waals surface area contributed by atoms with E-state index in [1.54, 1.807) is 4.90 Å². The fourth-order valence-corrected chi connectivity index (χ4v) is 3.14. The summed E-state index contributed by atoms with van der Waals surface area (Å²) in [6.07, 6.45) is 3.49. The van der Waals surface area contributed by atoms with Crippen LogP contribution in [0.4, 0.5) is 4.79 Å². The molecule has 28 heavy (non-hydrogen) atoms. The molecule has 1 saturated heterocycles. The van der Waals surface area contributed by atoms with E-state index in [0.717, 1.165) is 5.56 Å². The molecule has 0 spiro atoms. The zero-order valence-electron chi connectivity index (χ0n) is 16.6. The molecule has 152 valence electrons. The normalized spacial score (nSPS) is 23.2. The van der Waals surface area contributed by atoms with Gasteiger partial charge in [0.05, 0.1) is 19.3 Å². The molecule has 1 fully saturated rings. The van der Waals surface area contributed by atoms with Crippen molar-refractivity contribution in [3.05, 3.63) is 42.0 Å². The summed E-state index contributed by atoms with van der Waals surface area (Å²) in [5.41, 5.74) is 0.332. The zero-order chi connectivity index (χ0) is 20.1. The number of nitrogens with zero attached hydrogens (tertiary/aromatic N) is 1. The minimum atomic E-state index is -0.625. The molecule has 1 aromatic carbocycles.